The van der Waals surface area contributed by atoms with E-state index in [0.717, 1.165) is 17.5 Å². The molecule has 0 saturated heterocycles. The molecule has 0 saturated carbocycles. The summed E-state index contributed by atoms with van der Waals surface area (Å²) >= 11 is 6.09. The monoisotopic (exact) mass is 446 g/mol. The van der Waals surface area contributed by atoms with Crippen LogP contribution in [-0.2, 0) is 10.0 Å². The van der Waals surface area contributed by atoms with Crippen molar-refractivity contribution in [1.82, 2.24) is 14.7 Å². The maximum Gasteiger partial charge on any atom is 0.240 e. The SMILES string of the molecule is O=S(=O)(NCCNc1nc(-c2ccco2)nc2cc(Cl)ccc12)c1ccc(F)cc1. The highest BCUT2D eigenvalue weighted by atomic mass is 35.5. The number of nitrogens with zero attached hydrogens (tertiary/aromatic N) is 2. The molecule has 10 heteroatoms. The van der Waals surface area contributed by atoms with Crippen LogP contribution in [0, 0.1) is 5.82 Å². The molecular weight excluding hydrogens is 431 g/mol. The van der Waals surface area contributed by atoms with Gasteiger partial charge in [0.15, 0.2) is 11.6 Å². The van der Waals surface area contributed by atoms with Crippen LogP contribution in [0.1, 0.15) is 0 Å². The summed E-state index contributed by atoms with van der Waals surface area (Å²) in [4.78, 5) is 8.97. The van der Waals surface area contributed by atoms with Crippen molar-refractivity contribution in [2.24, 2.45) is 0 Å². The normalized spacial score (nSPS) is 11.7. The van der Waals surface area contributed by atoms with Crippen LogP contribution in [-0.4, -0.2) is 31.5 Å². The number of aromatic nitrogens is 2. The fraction of sp³-hybridized carbons (Fsp3) is 0.100. The lowest BCUT2D eigenvalue weighted by Crippen LogP contribution is -2.29. The fourth-order valence-electron chi connectivity index (χ4n) is 2.82. The molecule has 0 amide bonds. The second-order valence-electron chi connectivity index (χ2n) is 6.31. The molecule has 2 heterocycles. The quantitative estimate of drug-likeness (QED) is 0.415. The topological polar surface area (TPSA) is 97.1 Å². The first kappa shape index (κ1) is 20.3. The molecule has 0 atom stereocenters. The van der Waals surface area contributed by atoms with Gasteiger partial charge in [-0.25, -0.2) is 27.5 Å². The molecule has 2 N–H and O–H groups in total. The summed E-state index contributed by atoms with van der Waals surface area (Å²) in [6.45, 7) is 0.349. The Labute approximate surface area is 177 Å². The van der Waals surface area contributed by atoms with Crippen molar-refractivity contribution in [3.63, 3.8) is 0 Å². The van der Waals surface area contributed by atoms with E-state index in [2.05, 4.69) is 20.0 Å². The summed E-state index contributed by atoms with van der Waals surface area (Å²) in [6, 6.07) is 13.3. The zero-order chi connectivity index (χ0) is 21.1. The van der Waals surface area contributed by atoms with Crippen molar-refractivity contribution in [1.29, 1.82) is 0 Å². The zero-order valence-electron chi connectivity index (χ0n) is 15.5. The van der Waals surface area contributed by atoms with Gasteiger partial charge in [-0.1, -0.05) is 11.6 Å². The highest BCUT2D eigenvalue weighted by molar-refractivity contribution is 7.89. The lowest BCUT2D eigenvalue weighted by Gasteiger charge is -2.11. The van der Waals surface area contributed by atoms with Crippen LogP contribution < -0.4 is 10.0 Å². The maximum absolute atomic E-state index is 13.0. The number of hydrogen-bond donors (Lipinski definition) is 2. The van der Waals surface area contributed by atoms with E-state index in [1.165, 1.54) is 18.4 Å². The summed E-state index contributed by atoms with van der Waals surface area (Å²) < 4.78 is 45.5. The van der Waals surface area contributed by atoms with Crippen LogP contribution in [0.3, 0.4) is 0 Å². The third kappa shape index (κ3) is 4.43. The zero-order valence-corrected chi connectivity index (χ0v) is 17.0. The molecule has 4 rings (SSSR count). The van der Waals surface area contributed by atoms with Gasteiger partial charge in [0, 0.05) is 23.5 Å². The van der Waals surface area contributed by atoms with Gasteiger partial charge in [0.2, 0.25) is 10.0 Å². The third-order valence-corrected chi connectivity index (χ3v) is 5.95. The predicted octanol–water partition coefficient (Wildman–Crippen LogP) is 4.07. The highest BCUT2D eigenvalue weighted by Gasteiger charge is 2.14. The predicted molar refractivity (Wildman–Crippen MR) is 112 cm³/mol. The number of halogens is 2. The van der Waals surface area contributed by atoms with Crippen molar-refractivity contribution in [2.75, 3.05) is 18.4 Å². The molecule has 0 bridgehead atoms. The van der Waals surface area contributed by atoms with Crippen LogP contribution in [0.4, 0.5) is 10.2 Å². The van der Waals surface area contributed by atoms with Crippen LogP contribution in [0.15, 0.2) is 70.2 Å². The molecule has 30 heavy (non-hydrogen) atoms. The Hall–Kier alpha value is -3.01. The number of sulfonamides is 1. The van der Waals surface area contributed by atoms with Crippen molar-refractivity contribution < 1.29 is 17.2 Å². The molecule has 154 valence electrons. The van der Waals surface area contributed by atoms with Crippen LogP contribution in [0.2, 0.25) is 5.02 Å². The Kier molecular flexibility index (Phi) is 5.67. The molecule has 2 aromatic heterocycles. The maximum atomic E-state index is 13.0. The van der Waals surface area contributed by atoms with E-state index in [1.807, 2.05) is 0 Å². The standard InChI is InChI=1S/C20H16ClFN4O3S/c21-13-3-8-16-17(12-13)25-20(18-2-1-11-29-18)26-19(16)23-9-10-24-30(27,28)15-6-4-14(22)5-7-15/h1-8,11-12,24H,9-10H2,(H,23,25,26). The van der Waals surface area contributed by atoms with Gasteiger partial charge in [-0.2, -0.15) is 0 Å². The number of furan rings is 1. The van der Waals surface area contributed by atoms with Gasteiger partial charge in [-0.15, -0.1) is 0 Å². The summed E-state index contributed by atoms with van der Waals surface area (Å²) in [5.41, 5.74) is 0.623. The average Bonchev–Trinajstić information content (AvgIpc) is 3.26. The van der Waals surface area contributed by atoms with Gasteiger partial charge < -0.3 is 9.73 Å². The van der Waals surface area contributed by atoms with Crippen LogP contribution in [0.5, 0.6) is 0 Å². The lowest BCUT2D eigenvalue weighted by atomic mass is 10.2. The number of nitrogens with one attached hydrogen (secondary N) is 2. The van der Waals surface area contributed by atoms with Crippen molar-refractivity contribution >= 4 is 38.3 Å². The number of hydrogen-bond acceptors (Lipinski definition) is 6. The second-order valence-corrected chi connectivity index (χ2v) is 8.52. The smallest absolute Gasteiger partial charge is 0.240 e. The first-order chi connectivity index (χ1) is 14.4. The van der Waals surface area contributed by atoms with Gasteiger partial charge in [-0.05, 0) is 54.6 Å². The van der Waals surface area contributed by atoms with E-state index in [9.17, 15) is 12.8 Å². The highest BCUT2D eigenvalue weighted by Crippen LogP contribution is 2.27. The third-order valence-electron chi connectivity index (χ3n) is 4.23. The first-order valence-corrected chi connectivity index (χ1v) is 10.8. The number of fused-ring (bicyclic) bond motifs is 1. The van der Waals surface area contributed by atoms with Crippen molar-refractivity contribution in [2.45, 2.75) is 4.90 Å². The number of anilines is 1. The minimum Gasteiger partial charge on any atom is -0.461 e. The second kappa shape index (κ2) is 8.39. The molecule has 0 radical (unpaired) electrons. The van der Waals surface area contributed by atoms with E-state index in [1.54, 1.807) is 30.3 Å². The van der Waals surface area contributed by atoms with Gasteiger partial charge in [0.25, 0.3) is 0 Å². The van der Waals surface area contributed by atoms with Gasteiger partial charge in [-0.3, -0.25) is 0 Å². The first-order valence-electron chi connectivity index (χ1n) is 8.93. The molecule has 4 aromatic rings. The van der Waals surface area contributed by atoms with Crippen molar-refractivity contribution in [3.8, 4) is 11.6 Å². The summed E-state index contributed by atoms with van der Waals surface area (Å²) in [6.07, 6.45) is 1.53. The minimum absolute atomic E-state index is 0.00821. The Balaban J connectivity index is 1.51. The number of benzene rings is 2. The molecule has 0 spiro atoms. The average molecular weight is 447 g/mol. The molecule has 0 aliphatic carbocycles. The minimum atomic E-state index is -3.75. The van der Waals surface area contributed by atoms with E-state index in [0.29, 0.717) is 27.9 Å². The molecule has 2 aromatic carbocycles. The lowest BCUT2D eigenvalue weighted by molar-refractivity contribution is 0.577. The van der Waals surface area contributed by atoms with E-state index in [-0.39, 0.29) is 18.0 Å². The van der Waals surface area contributed by atoms with Gasteiger partial charge in [0.05, 0.1) is 16.7 Å². The molecule has 0 aliphatic heterocycles. The molecule has 0 fully saturated rings. The van der Waals surface area contributed by atoms with E-state index in [4.69, 9.17) is 16.0 Å². The van der Waals surface area contributed by atoms with E-state index < -0.39 is 15.8 Å². The summed E-state index contributed by atoms with van der Waals surface area (Å²) in [7, 11) is -3.75. The van der Waals surface area contributed by atoms with E-state index >= 15 is 0 Å². The summed E-state index contributed by atoms with van der Waals surface area (Å²) in [5, 5.41) is 4.38. The number of rotatable bonds is 7. The molecule has 7 nitrogen and oxygen atoms in total. The molecule has 0 aliphatic rings. The Morgan fingerprint density at radius 3 is 2.57 bits per heavy atom. The Bertz CT molecular complexity index is 1280. The summed E-state index contributed by atoms with van der Waals surface area (Å²) in [5.74, 6) is 0.892. The van der Waals surface area contributed by atoms with Crippen LogP contribution >= 0.6 is 11.6 Å². The van der Waals surface area contributed by atoms with Crippen LogP contribution in [0.25, 0.3) is 22.5 Å². The largest absolute Gasteiger partial charge is 0.461 e. The Morgan fingerprint density at radius 2 is 1.83 bits per heavy atom. The van der Waals surface area contributed by atoms with Crippen molar-refractivity contribution in [3.05, 3.63) is 71.7 Å². The van der Waals surface area contributed by atoms with Gasteiger partial charge in [0.1, 0.15) is 11.6 Å². The Morgan fingerprint density at radius 1 is 1.03 bits per heavy atom. The van der Waals surface area contributed by atoms with Gasteiger partial charge >= 0.3 is 0 Å². The fourth-order valence-corrected chi connectivity index (χ4v) is 4.02. The molecule has 0 unspecified atom stereocenters. The molecular formula is C20H16ClFN4O3S.